The van der Waals surface area contributed by atoms with Gasteiger partial charge in [0.25, 0.3) is 5.95 Å². The fourth-order valence-electron chi connectivity index (χ4n) is 7.76. The molecule has 4 aromatic rings. The van der Waals surface area contributed by atoms with Gasteiger partial charge in [-0.1, -0.05) is 90.4 Å². The molecule has 5 rings (SSSR count). The third-order valence-electron chi connectivity index (χ3n) is 12.6. The minimum Gasteiger partial charge on any atom is -0.487 e. The number of hydrogen-bond donors (Lipinski definition) is 4. The number of halogens is 1. The Morgan fingerprint density at radius 1 is 1.01 bits per heavy atom. The van der Waals surface area contributed by atoms with Crippen molar-refractivity contribution in [3.05, 3.63) is 111 Å². The highest BCUT2D eigenvalue weighted by Crippen LogP contribution is 2.40. The van der Waals surface area contributed by atoms with E-state index in [4.69, 9.17) is 16.3 Å². The number of Topliss-reactive ketones (excluding diaryl/α,β-unsaturated/α-hetero) is 3. The number of benzene rings is 3. The zero-order chi connectivity index (χ0) is 49.5. The topological polar surface area (TPSA) is 175 Å². The van der Waals surface area contributed by atoms with Crippen LogP contribution in [0.2, 0.25) is 5.02 Å². The third kappa shape index (κ3) is 15.9. The maximum absolute atomic E-state index is 13.2. The molecule has 1 aliphatic heterocycles. The Labute approximate surface area is 407 Å². The summed E-state index contributed by atoms with van der Waals surface area (Å²) >= 11 is 10.9. The van der Waals surface area contributed by atoms with Crippen molar-refractivity contribution in [3.8, 4) is 11.8 Å². The lowest BCUT2D eigenvalue weighted by Crippen LogP contribution is -2.41. The molecule has 1 saturated heterocycles. The average Bonchev–Trinajstić information content (AvgIpc) is 3.31. The number of nitriles is 1. The number of ketones is 3. The average molecular weight is 956 g/mol. The van der Waals surface area contributed by atoms with Crippen LogP contribution in [0.1, 0.15) is 138 Å². The number of anilines is 2. The summed E-state index contributed by atoms with van der Waals surface area (Å²) in [5.41, 5.74) is 8.91. The van der Waals surface area contributed by atoms with Crippen LogP contribution in [-0.4, -0.2) is 69.3 Å². The largest absolute Gasteiger partial charge is 0.487 e. The molecule has 3 N–H and O–H groups in total. The zero-order valence-electron chi connectivity index (χ0n) is 40.6. The standard InChI is InChI=1S/C43H52ClN7O4S.C9H16O2/c1-7-28(3)40(52)37-14-9-29(23-30(37)8-2)15-19-46-41(53)31-17-21-50(22-18-31)39-32(26-45)24-34(25-38(39)44)43(4,5)33-10-12-36(13-11-33)55-27-35-16-20-47-42(48-35)49-51(6,54)56;1-4-9(11)6-5-7(2)8(3)10/h9-14,16,20,23-25,28,31,54,56H,7-8,15,17-19,21-22,27H2,1-6H3,(H-,46,47,48,49,53);7H,4-6H2,1-3H3/p+1. The number of quaternary nitrogens is 1. The van der Waals surface area contributed by atoms with Gasteiger partial charge in [0.05, 0.1) is 22.0 Å². The molecule has 67 heavy (non-hydrogen) atoms. The highest BCUT2D eigenvalue weighted by Gasteiger charge is 2.30. The molecule has 13 nitrogen and oxygen atoms in total. The lowest BCUT2D eigenvalue weighted by molar-refractivity contribution is -0.955. The number of amides is 1. The molecule has 0 spiro atoms. The van der Waals surface area contributed by atoms with Gasteiger partial charge in [0.15, 0.2) is 5.78 Å². The number of aryl methyl sites for hydroxylation is 1. The fourth-order valence-corrected chi connectivity index (χ4v) is 8.19. The smallest absolute Gasteiger partial charge is 0.273 e. The highest BCUT2D eigenvalue weighted by atomic mass is 35.5. The van der Waals surface area contributed by atoms with Crippen molar-refractivity contribution in [2.75, 3.05) is 37.0 Å². The molecule has 0 saturated carbocycles. The lowest BCUT2D eigenvalue weighted by Gasteiger charge is -2.35. The maximum Gasteiger partial charge on any atom is 0.273 e. The zero-order valence-corrected chi connectivity index (χ0v) is 42.3. The van der Waals surface area contributed by atoms with Crippen LogP contribution < -0.4 is 20.4 Å². The molecule has 0 aliphatic carbocycles. The van der Waals surface area contributed by atoms with Crippen molar-refractivity contribution in [2.45, 2.75) is 119 Å². The second kappa shape index (κ2) is 25.2. The van der Waals surface area contributed by atoms with Crippen molar-refractivity contribution < 1.29 is 33.3 Å². The number of thiol groups is 1. The van der Waals surface area contributed by atoms with Crippen LogP contribution in [0.5, 0.6) is 5.75 Å². The van der Waals surface area contributed by atoms with Gasteiger partial charge >= 0.3 is 0 Å². The van der Waals surface area contributed by atoms with Gasteiger partial charge in [-0.15, -0.1) is 0 Å². The summed E-state index contributed by atoms with van der Waals surface area (Å²) in [7, 11) is 1.42. The van der Waals surface area contributed by atoms with Crippen molar-refractivity contribution in [1.29, 1.82) is 5.26 Å². The van der Waals surface area contributed by atoms with Crippen LogP contribution in [0.4, 0.5) is 11.6 Å². The monoisotopic (exact) mass is 954 g/mol. The second-order valence-electron chi connectivity index (χ2n) is 18.1. The number of hydroxylamine groups is 1. The maximum atomic E-state index is 13.2. The van der Waals surface area contributed by atoms with Gasteiger partial charge in [-0.25, -0.2) is 9.97 Å². The summed E-state index contributed by atoms with van der Waals surface area (Å²) in [6.07, 6.45) is 7.05. The molecule has 1 fully saturated rings. The molecular formula is C52H69ClN7O6S+. The number of rotatable bonds is 21. The van der Waals surface area contributed by atoms with Crippen molar-refractivity contribution in [2.24, 2.45) is 17.8 Å². The number of hydrogen-bond acceptors (Lipinski definition) is 12. The van der Waals surface area contributed by atoms with Crippen LogP contribution in [0.15, 0.2) is 66.9 Å². The summed E-state index contributed by atoms with van der Waals surface area (Å²) in [4.78, 5) is 58.1. The minimum absolute atomic E-state index is 0.00419. The number of ether oxygens (including phenoxy) is 1. The number of nitrogens with one attached hydrogen (secondary N) is 2. The Kier molecular flexibility index (Phi) is 20.4. The molecular weight excluding hydrogens is 886 g/mol. The van der Waals surface area contributed by atoms with Gasteiger partial charge in [-0.2, -0.15) is 15.9 Å². The van der Waals surface area contributed by atoms with E-state index in [1.165, 1.54) is 7.05 Å². The Bertz CT molecular complexity index is 2370. The SMILES string of the molecule is CCC(=O)CCC(C)C(C)=O.CCc1cc(CCNC(=O)C2CCN(c3c(Cl)cc(C(C)(C)c4ccc(OCc5ccnc(N[N+](C)(O)S)n5)cc4)cc3C#N)CC2)ccc1C(=O)C(C)CC. The third-order valence-corrected chi connectivity index (χ3v) is 13.0. The number of aromatic nitrogens is 2. The first-order valence-electron chi connectivity index (χ1n) is 23.3. The summed E-state index contributed by atoms with van der Waals surface area (Å²) in [5.74, 6) is 1.47. The normalized spacial score (nSPS) is 14.6. The van der Waals surface area contributed by atoms with E-state index < -0.39 is 9.58 Å². The summed E-state index contributed by atoms with van der Waals surface area (Å²) in [6, 6.07) is 21.8. The van der Waals surface area contributed by atoms with E-state index in [9.17, 15) is 29.6 Å². The van der Waals surface area contributed by atoms with Gasteiger partial charge in [-0.3, -0.25) is 19.2 Å². The van der Waals surface area contributed by atoms with Crippen LogP contribution >= 0.6 is 24.4 Å². The molecule has 0 radical (unpaired) electrons. The molecule has 0 bridgehead atoms. The second-order valence-corrected chi connectivity index (χ2v) is 19.3. The molecule has 15 heteroatoms. The van der Waals surface area contributed by atoms with Crippen LogP contribution in [0.3, 0.4) is 0 Å². The Morgan fingerprint density at radius 3 is 2.30 bits per heavy atom. The minimum atomic E-state index is -0.812. The van der Waals surface area contributed by atoms with Crippen LogP contribution in [0, 0.1) is 29.1 Å². The molecule has 3 aromatic carbocycles. The predicted molar refractivity (Wildman–Crippen MR) is 267 cm³/mol. The molecule has 3 unspecified atom stereocenters. The Morgan fingerprint density at radius 2 is 1.70 bits per heavy atom. The number of nitrogens with zero attached hydrogens (tertiary/aromatic N) is 5. The predicted octanol–water partition coefficient (Wildman–Crippen LogP) is 10.3. The van der Waals surface area contributed by atoms with E-state index in [1.807, 2.05) is 76.2 Å². The van der Waals surface area contributed by atoms with Gasteiger partial charge in [0, 0.05) is 67.4 Å². The molecule has 1 aromatic heterocycles. The summed E-state index contributed by atoms with van der Waals surface area (Å²) < 4.78 is 5.15. The van der Waals surface area contributed by atoms with E-state index in [1.54, 1.807) is 19.2 Å². The number of carbonyl (C=O) groups excluding carboxylic acids is 4. The summed E-state index contributed by atoms with van der Waals surface area (Å²) in [6.45, 7) is 17.5. The first kappa shape index (κ1) is 54.3. The quantitative estimate of drug-likeness (QED) is 0.0271. The Balaban J connectivity index is 0.000000789. The first-order valence-corrected chi connectivity index (χ1v) is 24.1. The molecule has 1 aliphatic rings. The molecule has 3 atom stereocenters. The van der Waals surface area contributed by atoms with Gasteiger partial charge < -0.3 is 15.0 Å². The van der Waals surface area contributed by atoms with E-state index in [0.717, 1.165) is 40.7 Å². The first-order chi connectivity index (χ1) is 31.7. The van der Waals surface area contributed by atoms with E-state index in [0.29, 0.717) is 85.9 Å². The van der Waals surface area contributed by atoms with E-state index in [-0.39, 0.29) is 53.6 Å². The van der Waals surface area contributed by atoms with Crippen molar-refractivity contribution in [1.82, 2.24) is 15.3 Å². The van der Waals surface area contributed by atoms with E-state index >= 15 is 0 Å². The molecule has 2 heterocycles. The number of piperidine rings is 1. The van der Waals surface area contributed by atoms with Crippen LogP contribution in [0.25, 0.3) is 0 Å². The van der Waals surface area contributed by atoms with Gasteiger partial charge in [-0.05, 0) is 102 Å². The highest BCUT2D eigenvalue weighted by molar-refractivity contribution is 7.74. The Hall–Kier alpha value is -5.33. The molecule has 1 amide bonds. The van der Waals surface area contributed by atoms with Crippen LogP contribution in [-0.2, 0) is 39.2 Å². The summed E-state index contributed by atoms with van der Waals surface area (Å²) in [5, 5.41) is 23.7. The molecule has 360 valence electrons. The van der Waals surface area contributed by atoms with Crippen molar-refractivity contribution in [3.63, 3.8) is 0 Å². The van der Waals surface area contributed by atoms with Gasteiger partial charge in [0.1, 0.15) is 49.9 Å². The number of carbonyl (C=O) groups is 4. The fraction of sp³-hybridized carbons (Fsp3) is 0.481. The van der Waals surface area contributed by atoms with Crippen molar-refractivity contribution >= 4 is 59.3 Å². The van der Waals surface area contributed by atoms with E-state index in [2.05, 4.69) is 71.3 Å². The van der Waals surface area contributed by atoms with Gasteiger partial charge in [0.2, 0.25) is 5.91 Å². The lowest BCUT2D eigenvalue weighted by atomic mass is 9.77.